The number of sulfone groups is 1. The van der Waals surface area contributed by atoms with Gasteiger partial charge in [0.25, 0.3) is 0 Å². The minimum atomic E-state index is -4.22. The SMILES string of the molecule is COC(=O)NC(=NC1C=CC=CC1(NC=O)S(=O)(=O)c1ccccc1)NC(=O)OC. The second kappa shape index (κ2) is 9.69. The molecule has 160 valence electrons. The van der Waals surface area contributed by atoms with Gasteiger partial charge in [-0.2, -0.15) is 0 Å². The molecule has 2 atom stereocenters. The van der Waals surface area contributed by atoms with Gasteiger partial charge < -0.3 is 14.8 Å². The van der Waals surface area contributed by atoms with Gasteiger partial charge in [-0.15, -0.1) is 0 Å². The zero-order valence-electron chi connectivity index (χ0n) is 16.1. The van der Waals surface area contributed by atoms with Crippen LogP contribution in [0, 0.1) is 0 Å². The van der Waals surface area contributed by atoms with Gasteiger partial charge >= 0.3 is 12.2 Å². The highest BCUT2D eigenvalue weighted by Crippen LogP contribution is 2.32. The van der Waals surface area contributed by atoms with Crippen LogP contribution >= 0.6 is 0 Å². The number of allylic oxidation sites excluding steroid dienone is 2. The van der Waals surface area contributed by atoms with Crippen molar-refractivity contribution < 1.29 is 32.3 Å². The molecule has 0 aliphatic heterocycles. The number of benzene rings is 1. The third-order valence-corrected chi connectivity index (χ3v) is 6.33. The van der Waals surface area contributed by atoms with Crippen molar-refractivity contribution in [3.63, 3.8) is 0 Å². The molecule has 30 heavy (non-hydrogen) atoms. The van der Waals surface area contributed by atoms with Gasteiger partial charge in [-0.3, -0.25) is 15.4 Å². The molecule has 0 spiro atoms. The summed E-state index contributed by atoms with van der Waals surface area (Å²) in [7, 11) is -2.04. The fraction of sp³-hybridized carbons (Fsp3) is 0.222. The van der Waals surface area contributed by atoms with Crippen molar-refractivity contribution in [2.45, 2.75) is 15.8 Å². The Morgan fingerprint density at radius 3 is 2.20 bits per heavy atom. The van der Waals surface area contributed by atoms with Gasteiger partial charge in [0.2, 0.25) is 22.2 Å². The average molecular weight is 436 g/mol. The lowest BCUT2D eigenvalue weighted by atomic mass is 10.0. The number of alkyl carbamates (subject to hydrolysis) is 2. The van der Waals surface area contributed by atoms with E-state index >= 15 is 0 Å². The first kappa shape index (κ1) is 22.6. The molecule has 1 aromatic carbocycles. The highest BCUT2D eigenvalue weighted by Gasteiger charge is 2.49. The van der Waals surface area contributed by atoms with Crippen molar-refractivity contribution in [2.75, 3.05) is 14.2 Å². The van der Waals surface area contributed by atoms with Crippen molar-refractivity contribution in [3.05, 3.63) is 54.6 Å². The third kappa shape index (κ3) is 4.66. The number of carbonyl (C=O) groups excluding carboxylic acids is 3. The summed E-state index contributed by atoms with van der Waals surface area (Å²) in [6.45, 7) is 0. The Balaban J connectivity index is 2.61. The largest absolute Gasteiger partial charge is 0.453 e. The summed E-state index contributed by atoms with van der Waals surface area (Å²) < 4.78 is 35.8. The van der Waals surface area contributed by atoms with Gasteiger partial charge in [-0.05, 0) is 18.2 Å². The standard InChI is InChI=1S/C18H20N4O7S/c1-28-16(24)21-15(22-17(25)29-2)20-14-10-6-7-11-18(14,19-12-23)30(26,27)13-8-4-3-5-9-13/h3-12,14H,1-2H3,(H,19,23)(H2,20,21,22,24,25). The van der Waals surface area contributed by atoms with Gasteiger partial charge in [0, 0.05) is 0 Å². The van der Waals surface area contributed by atoms with Crippen molar-refractivity contribution >= 4 is 34.4 Å². The Morgan fingerprint density at radius 2 is 1.67 bits per heavy atom. The van der Waals surface area contributed by atoms with Crippen LogP contribution in [0.2, 0.25) is 0 Å². The van der Waals surface area contributed by atoms with Gasteiger partial charge in [0.1, 0.15) is 6.04 Å². The van der Waals surface area contributed by atoms with Gasteiger partial charge in [0.05, 0.1) is 19.1 Å². The fourth-order valence-electron chi connectivity index (χ4n) is 2.63. The number of hydrogen-bond donors (Lipinski definition) is 3. The average Bonchev–Trinajstić information content (AvgIpc) is 2.75. The van der Waals surface area contributed by atoms with E-state index in [0.29, 0.717) is 0 Å². The number of carbonyl (C=O) groups is 3. The second-order valence-corrected chi connectivity index (χ2v) is 7.93. The van der Waals surface area contributed by atoms with Crippen LogP contribution in [-0.4, -0.2) is 58.1 Å². The maximum atomic E-state index is 13.4. The molecule has 1 aliphatic rings. The number of nitrogens with one attached hydrogen (secondary N) is 3. The lowest BCUT2D eigenvalue weighted by molar-refractivity contribution is -0.110. The minimum Gasteiger partial charge on any atom is -0.453 e. The van der Waals surface area contributed by atoms with Gasteiger partial charge in [-0.1, -0.05) is 36.4 Å². The van der Waals surface area contributed by atoms with Gasteiger partial charge in [0.15, 0.2) is 4.87 Å². The first-order valence-electron chi connectivity index (χ1n) is 8.45. The number of hydrogen-bond acceptors (Lipinski definition) is 8. The van der Waals surface area contributed by atoms with E-state index in [2.05, 4.69) is 30.4 Å². The van der Waals surface area contributed by atoms with Crippen molar-refractivity contribution in [3.8, 4) is 0 Å². The number of ether oxygens (including phenoxy) is 2. The first-order valence-corrected chi connectivity index (χ1v) is 9.94. The van der Waals surface area contributed by atoms with E-state index in [1.807, 2.05) is 0 Å². The van der Waals surface area contributed by atoms with E-state index in [0.717, 1.165) is 14.2 Å². The molecule has 2 rings (SSSR count). The molecule has 12 heteroatoms. The molecule has 0 aromatic heterocycles. The van der Waals surface area contributed by atoms with Crippen LogP contribution in [0.25, 0.3) is 0 Å². The van der Waals surface area contributed by atoms with E-state index < -0.39 is 38.9 Å². The molecule has 3 amide bonds. The molecule has 2 unspecified atom stereocenters. The summed E-state index contributed by atoms with van der Waals surface area (Å²) in [4.78, 5) is 36.6. The molecule has 0 radical (unpaired) electrons. The zero-order chi connectivity index (χ0) is 22.2. The predicted molar refractivity (Wildman–Crippen MR) is 106 cm³/mol. The highest BCUT2D eigenvalue weighted by molar-refractivity contribution is 7.93. The van der Waals surface area contributed by atoms with Crippen molar-refractivity contribution in [1.29, 1.82) is 0 Å². The molecule has 11 nitrogen and oxygen atoms in total. The molecule has 0 saturated heterocycles. The summed E-state index contributed by atoms with van der Waals surface area (Å²) in [5.74, 6) is -0.445. The topological polar surface area (TPSA) is 152 Å². The quantitative estimate of drug-likeness (QED) is 0.344. The van der Waals surface area contributed by atoms with Crippen LogP contribution < -0.4 is 16.0 Å². The Kier molecular flexibility index (Phi) is 7.31. The maximum Gasteiger partial charge on any atom is 0.413 e. The van der Waals surface area contributed by atoms with Crippen molar-refractivity contribution in [2.24, 2.45) is 4.99 Å². The Morgan fingerprint density at radius 1 is 1.07 bits per heavy atom. The number of amides is 3. The molecule has 0 fully saturated rings. The van der Waals surface area contributed by atoms with Crippen molar-refractivity contribution in [1.82, 2.24) is 16.0 Å². The minimum absolute atomic E-state index is 0.0668. The summed E-state index contributed by atoms with van der Waals surface area (Å²) in [6, 6.07) is 6.18. The highest BCUT2D eigenvalue weighted by atomic mass is 32.2. The van der Waals surface area contributed by atoms with Gasteiger partial charge in [-0.25, -0.2) is 23.0 Å². The fourth-order valence-corrected chi connectivity index (χ4v) is 4.44. The van der Waals surface area contributed by atoms with Crippen LogP contribution in [0.15, 0.2) is 64.5 Å². The Labute approximate surface area is 172 Å². The monoisotopic (exact) mass is 436 g/mol. The molecule has 0 saturated carbocycles. The molecular formula is C18H20N4O7S. The van der Waals surface area contributed by atoms with E-state index in [-0.39, 0.29) is 11.3 Å². The summed E-state index contributed by atoms with van der Waals surface area (Å²) in [6.07, 6.45) is 3.87. The number of nitrogens with zero attached hydrogens (tertiary/aromatic N) is 1. The van der Waals surface area contributed by atoms with E-state index in [9.17, 15) is 22.8 Å². The number of rotatable bonds is 5. The molecule has 1 aromatic rings. The molecule has 1 aliphatic carbocycles. The lowest BCUT2D eigenvalue weighted by Gasteiger charge is -2.35. The summed E-state index contributed by atoms with van der Waals surface area (Å²) >= 11 is 0. The van der Waals surface area contributed by atoms with Crippen LogP contribution in [0.4, 0.5) is 9.59 Å². The van der Waals surface area contributed by atoms with E-state index in [1.54, 1.807) is 6.07 Å². The Bertz CT molecular complexity index is 969. The van der Waals surface area contributed by atoms with Crippen LogP contribution in [0.5, 0.6) is 0 Å². The number of guanidine groups is 1. The van der Waals surface area contributed by atoms with Crippen LogP contribution in [0.3, 0.4) is 0 Å². The maximum absolute atomic E-state index is 13.4. The molecule has 0 bridgehead atoms. The smallest absolute Gasteiger partial charge is 0.413 e. The van der Waals surface area contributed by atoms with Crippen LogP contribution in [-0.2, 0) is 24.1 Å². The normalized spacial score (nSPS) is 19.9. The Hall–Kier alpha value is -3.67. The number of methoxy groups -OCH3 is 2. The molecule has 3 N–H and O–H groups in total. The number of aliphatic imine (C=N–C) groups is 1. The van der Waals surface area contributed by atoms with Crippen LogP contribution in [0.1, 0.15) is 0 Å². The predicted octanol–water partition coefficient (Wildman–Crippen LogP) is 0.465. The summed E-state index contributed by atoms with van der Waals surface area (Å²) in [5, 5.41) is 6.64. The molecular weight excluding hydrogens is 416 g/mol. The second-order valence-electron chi connectivity index (χ2n) is 5.77. The lowest BCUT2D eigenvalue weighted by Crippen LogP contribution is -2.58. The van der Waals surface area contributed by atoms with E-state index in [1.165, 1.54) is 48.6 Å². The third-order valence-electron chi connectivity index (χ3n) is 4.05. The molecule has 0 heterocycles. The zero-order valence-corrected chi connectivity index (χ0v) is 16.9. The summed E-state index contributed by atoms with van der Waals surface area (Å²) in [5.41, 5.74) is 0. The first-order chi connectivity index (χ1) is 14.3. The van der Waals surface area contributed by atoms with E-state index in [4.69, 9.17) is 0 Å².